The van der Waals surface area contributed by atoms with Crippen LogP contribution in [0.25, 0.3) is 11.2 Å². The second kappa shape index (κ2) is 9.84. The van der Waals surface area contributed by atoms with Crippen molar-refractivity contribution in [2.75, 3.05) is 56.2 Å². The van der Waals surface area contributed by atoms with Gasteiger partial charge in [-0.15, -0.1) is 0 Å². The predicted octanol–water partition coefficient (Wildman–Crippen LogP) is 2.14. The number of nitrogens with zero attached hydrogens (tertiary/aromatic N) is 6. The van der Waals surface area contributed by atoms with E-state index in [0.717, 1.165) is 66.6 Å². The van der Waals surface area contributed by atoms with Gasteiger partial charge in [-0.3, -0.25) is 4.79 Å². The normalized spacial score (nSPS) is 28.2. The lowest BCUT2D eigenvalue weighted by Crippen LogP contribution is -2.50. The number of allylic oxidation sites excluding steroid dienone is 3. The molecule has 3 aliphatic heterocycles. The van der Waals surface area contributed by atoms with Crippen molar-refractivity contribution in [2.45, 2.75) is 38.8 Å². The van der Waals surface area contributed by atoms with E-state index in [9.17, 15) is 10.1 Å². The van der Waals surface area contributed by atoms with Crippen molar-refractivity contribution < 1.29 is 14.3 Å². The molecular formula is C28H36N8O3. The number of fused-ring (bicyclic) bond motifs is 1. The number of anilines is 2. The third kappa shape index (κ3) is 4.22. The second-order valence-electron chi connectivity index (χ2n) is 11.2. The van der Waals surface area contributed by atoms with Crippen molar-refractivity contribution in [1.29, 1.82) is 5.26 Å². The summed E-state index contributed by atoms with van der Waals surface area (Å²) in [5.41, 5.74) is 11.0. The Bertz CT molecular complexity index is 1370. The topological polar surface area (TPSA) is 137 Å². The van der Waals surface area contributed by atoms with E-state index in [1.54, 1.807) is 0 Å². The summed E-state index contributed by atoms with van der Waals surface area (Å²) in [5, 5.41) is 9.69. The van der Waals surface area contributed by atoms with Crippen molar-refractivity contribution in [1.82, 2.24) is 19.9 Å². The summed E-state index contributed by atoms with van der Waals surface area (Å²) >= 11 is 0. The lowest BCUT2D eigenvalue weighted by Gasteiger charge is -2.43. The van der Waals surface area contributed by atoms with E-state index in [0.29, 0.717) is 13.1 Å². The molecule has 4 atom stereocenters. The van der Waals surface area contributed by atoms with Gasteiger partial charge in [0.2, 0.25) is 0 Å². The number of piperidine rings is 1. The van der Waals surface area contributed by atoms with Gasteiger partial charge in [0.1, 0.15) is 17.9 Å². The van der Waals surface area contributed by atoms with Crippen molar-refractivity contribution in [3.63, 3.8) is 0 Å². The number of esters is 1. The largest absolute Gasteiger partial charge is 0.468 e. The fourth-order valence-corrected chi connectivity index (χ4v) is 6.66. The Morgan fingerprint density at radius 2 is 2.10 bits per heavy atom. The minimum Gasteiger partial charge on any atom is -0.468 e. The first-order valence-corrected chi connectivity index (χ1v) is 13.7. The van der Waals surface area contributed by atoms with Gasteiger partial charge in [0.25, 0.3) is 0 Å². The van der Waals surface area contributed by atoms with Gasteiger partial charge >= 0.3 is 5.97 Å². The summed E-state index contributed by atoms with van der Waals surface area (Å²) in [5.74, 6) is 0.245. The lowest BCUT2D eigenvalue weighted by molar-refractivity contribution is -0.141. The number of nitrogens with one attached hydrogen (secondary N) is 1. The van der Waals surface area contributed by atoms with E-state index in [-0.39, 0.29) is 41.9 Å². The standard InChI is InChI=1S/C28H36N8O3/c1-17-19(12-29)4-5-20-25(17)35(15-23(37)38-3)10-11-36(20)21-13-32-27-24(21)31-14-22(33-27)34-8-6-28(7-9-34)16-39-18(2)26(28)30/h4-5,13-14,17-19,26H,6-11,15-16,30H2,1-3H3,(H,32,33)/t17?,18-,19?,26+/m0/s1. The quantitative estimate of drug-likeness (QED) is 0.564. The number of nitrogens with two attached hydrogens (primary N) is 1. The Hall–Kier alpha value is -3.62. The average molecular weight is 533 g/mol. The molecule has 1 spiro atoms. The Morgan fingerprint density at radius 3 is 2.79 bits per heavy atom. The smallest absolute Gasteiger partial charge is 0.325 e. The second-order valence-corrected chi connectivity index (χ2v) is 11.2. The SMILES string of the molecule is COC(=O)CN1CCN(c2c[nH]c3nc(N4CCC5(CC4)CO[C@@H](C)[C@H]5N)cnc23)C2=C1C(C)C(C#N)C=C2. The predicted molar refractivity (Wildman–Crippen MR) is 147 cm³/mol. The van der Waals surface area contributed by atoms with E-state index in [2.05, 4.69) is 27.8 Å². The Kier molecular flexibility index (Phi) is 6.47. The van der Waals surface area contributed by atoms with Gasteiger partial charge < -0.3 is 34.9 Å². The maximum atomic E-state index is 12.1. The molecule has 0 amide bonds. The van der Waals surface area contributed by atoms with Crippen LogP contribution in [0.4, 0.5) is 11.5 Å². The monoisotopic (exact) mass is 532 g/mol. The minimum atomic E-state index is -0.295. The number of aromatic nitrogens is 3. The summed E-state index contributed by atoms with van der Waals surface area (Å²) < 4.78 is 10.8. The molecule has 5 heterocycles. The molecule has 3 N–H and O–H groups in total. The molecule has 11 heteroatoms. The highest BCUT2D eigenvalue weighted by atomic mass is 16.5. The molecular weight excluding hydrogens is 496 g/mol. The molecule has 206 valence electrons. The molecule has 11 nitrogen and oxygen atoms in total. The molecule has 2 unspecified atom stereocenters. The summed E-state index contributed by atoms with van der Waals surface area (Å²) in [6.45, 7) is 8.03. The van der Waals surface area contributed by atoms with Gasteiger partial charge in [-0.2, -0.15) is 5.26 Å². The third-order valence-electron chi connectivity index (χ3n) is 9.18. The van der Waals surface area contributed by atoms with E-state index in [1.807, 2.05) is 36.4 Å². The van der Waals surface area contributed by atoms with Crippen LogP contribution in [0, 0.1) is 28.6 Å². The molecule has 1 aliphatic carbocycles. The van der Waals surface area contributed by atoms with Gasteiger partial charge in [-0.05, 0) is 25.8 Å². The lowest BCUT2D eigenvalue weighted by atomic mass is 9.73. The number of carbonyl (C=O) groups excluding carboxylic acids is 1. The van der Waals surface area contributed by atoms with Crippen LogP contribution in [0.3, 0.4) is 0 Å². The van der Waals surface area contributed by atoms with E-state index in [4.69, 9.17) is 25.2 Å². The van der Waals surface area contributed by atoms with Crippen LogP contribution < -0.4 is 15.5 Å². The highest BCUT2D eigenvalue weighted by Gasteiger charge is 2.47. The Labute approximate surface area is 228 Å². The average Bonchev–Trinajstić information content (AvgIpc) is 3.50. The summed E-state index contributed by atoms with van der Waals surface area (Å²) in [4.78, 5) is 31.8. The van der Waals surface area contributed by atoms with Gasteiger partial charge in [0, 0.05) is 55.4 Å². The van der Waals surface area contributed by atoms with Crippen LogP contribution in [0.15, 0.2) is 35.9 Å². The summed E-state index contributed by atoms with van der Waals surface area (Å²) in [6.07, 6.45) is 9.82. The number of rotatable bonds is 4. The van der Waals surface area contributed by atoms with Gasteiger partial charge in [-0.25, -0.2) is 9.97 Å². The number of nitriles is 1. The Morgan fingerprint density at radius 1 is 1.31 bits per heavy atom. The molecule has 2 fully saturated rings. The van der Waals surface area contributed by atoms with E-state index < -0.39 is 0 Å². The number of hydrogen-bond donors (Lipinski definition) is 2. The number of hydrogen-bond acceptors (Lipinski definition) is 10. The molecule has 2 aromatic rings. The summed E-state index contributed by atoms with van der Waals surface area (Å²) in [6, 6.07) is 2.46. The van der Waals surface area contributed by atoms with Crippen molar-refractivity contribution in [3.05, 3.63) is 35.9 Å². The maximum absolute atomic E-state index is 12.1. The number of methoxy groups -OCH3 is 1. The van der Waals surface area contributed by atoms with Crippen LogP contribution in [0.2, 0.25) is 0 Å². The highest BCUT2D eigenvalue weighted by molar-refractivity contribution is 5.89. The first-order chi connectivity index (χ1) is 18.8. The van der Waals surface area contributed by atoms with Crippen molar-refractivity contribution >= 4 is 28.6 Å². The zero-order valence-electron chi connectivity index (χ0n) is 22.8. The van der Waals surface area contributed by atoms with Crippen LogP contribution >= 0.6 is 0 Å². The maximum Gasteiger partial charge on any atom is 0.325 e. The number of ether oxygens (including phenoxy) is 2. The van der Waals surface area contributed by atoms with Gasteiger partial charge in [0.05, 0.1) is 49.4 Å². The fourth-order valence-electron chi connectivity index (χ4n) is 6.66. The van der Waals surface area contributed by atoms with E-state index in [1.165, 1.54) is 7.11 Å². The fraction of sp³-hybridized carbons (Fsp3) is 0.571. The molecule has 0 saturated carbocycles. The third-order valence-corrected chi connectivity index (χ3v) is 9.18. The van der Waals surface area contributed by atoms with Gasteiger partial charge in [-0.1, -0.05) is 13.0 Å². The van der Waals surface area contributed by atoms with Gasteiger partial charge in [0.15, 0.2) is 5.65 Å². The van der Waals surface area contributed by atoms with Crippen molar-refractivity contribution in [3.8, 4) is 6.07 Å². The van der Waals surface area contributed by atoms with E-state index >= 15 is 0 Å². The number of H-pyrrole nitrogens is 1. The van der Waals surface area contributed by atoms with Crippen LogP contribution in [0.1, 0.15) is 26.7 Å². The molecule has 4 aliphatic rings. The molecule has 0 bridgehead atoms. The number of aromatic amines is 1. The Balaban J connectivity index is 1.27. The molecule has 2 aromatic heterocycles. The van der Waals surface area contributed by atoms with Crippen LogP contribution in [-0.2, 0) is 14.3 Å². The molecule has 6 rings (SSSR count). The molecule has 39 heavy (non-hydrogen) atoms. The van der Waals surface area contributed by atoms with Crippen molar-refractivity contribution in [2.24, 2.45) is 23.0 Å². The van der Waals surface area contributed by atoms with Crippen LogP contribution in [-0.4, -0.2) is 84.4 Å². The first kappa shape index (κ1) is 25.6. The number of carbonyl (C=O) groups is 1. The summed E-state index contributed by atoms with van der Waals surface area (Å²) in [7, 11) is 1.40. The highest BCUT2D eigenvalue weighted by Crippen LogP contribution is 2.42. The molecule has 2 saturated heterocycles. The zero-order valence-corrected chi connectivity index (χ0v) is 22.8. The molecule has 0 radical (unpaired) electrons. The zero-order chi connectivity index (χ0) is 27.3. The van der Waals surface area contributed by atoms with Crippen LogP contribution in [0.5, 0.6) is 0 Å². The first-order valence-electron chi connectivity index (χ1n) is 13.7. The minimum absolute atomic E-state index is 0.0592. The molecule has 0 aromatic carbocycles.